The molecule has 1 N–H and O–H groups in total. The van der Waals surface area contributed by atoms with Gasteiger partial charge in [-0.1, -0.05) is 18.2 Å². The predicted octanol–water partition coefficient (Wildman–Crippen LogP) is 3.15. The summed E-state index contributed by atoms with van der Waals surface area (Å²) in [4.78, 5) is 11.0. The van der Waals surface area contributed by atoms with E-state index in [1.165, 1.54) is 13.2 Å². The van der Waals surface area contributed by atoms with Gasteiger partial charge in [0.2, 0.25) is 0 Å². The van der Waals surface area contributed by atoms with Gasteiger partial charge in [0, 0.05) is 0 Å². The van der Waals surface area contributed by atoms with Crippen LogP contribution in [0.25, 0.3) is 6.08 Å². The number of para-hydroxylation sites is 2. The van der Waals surface area contributed by atoms with Crippen molar-refractivity contribution in [2.45, 2.75) is 0 Å². The molecule has 0 heterocycles. The van der Waals surface area contributed by atoms with Crippen molar-refractivity contribution in [2.75, 3.05) is 27.4 Å². The Labute approximate surface area is 157 Å². The maximum atomic E-state index is 11.0. The fourth-order valence-electron chi connectivity index (χ4n) is 2.25. The van der Waals surface area contributed by atoms with Gasteiger partial charge in [-0.2, -0.15) is 5.26 Å². The van der Waals surface area contributed by atoms with Crippen molar-refractivity contribution in [3.05, 3.63) is 53.6 Å². The van der Waals surface area contributed by atoms with Crippen LogP contribution >= 0.6 is 0 Å². The van der Waals surface area contributed by atoms with Gasteiger partial charge in [-0.25, -0.2) is 4.79 Å². The van der Waals surface area contributed by atoms with Gasteiger partial charge in [0.1, 0.15) is 24.9 Å². The van der Waals surface area contributed by atoms with Gasteiger partial charge in [-0.3, -0.25) is 0 Å². The van der Waals surface area contributed by atoms with Gasteiger partial charge in [0.05, 0.1) is 14.2 Å². The molecule has 0 fully saturated rings. The minimum absolute atomic E-state index is 0.228. The Bertz CT molecular complexity index is 869. The number of aliphatic carboxylic acids is 1. The third-order valence-electron chi connectivity index (χ3n) is 3.52. The van der Waals surface area contributed by atoms with E-state index < -0.39 is 5.97 Å². The molecule has 0 aliphatic carbocycles. The van der Waals surface area contributed by atoms with Crippen LogP contribution in [0, 0.1) is 11.3 Å². The lowest BCUT2D eigenvalue weighted by Crippen LogP contribution is -2.10. The molecule has 2 aromatic carbocycles. The number of benzene rings is 2. The van der Waals surface area contributed by atoms with Gasteiger partial charge < -0.3 is 24.1 Å². The highest BCUT2D eigenvalue weighted by atomic mass is 16.5. The molecule has 0 spiro atoms. The number of nitrogens with zero attached hydrogens (tertiary/aromatic N) is 1. The Morgan fingerprint density at radius 3 is 2.19 bits per heavy atom. The Balaban J connectivity index is 2.05. The summed E-state index contributed by atoms with van der Waals surface area (Å²) < 4.78 is 21.8. The lowest BCUT2D eigenvalue weighted by Gasteiger charge is -2.13. The molecule has 0 amide bonds. The molecule has 7 heteroatoms. The third kappa shape index (κ3) is 5.41. The summed E-state index contributed by atoms with van der Waals surface area (Å²) in [5.41, 5.74) is 0.140. The highest BCUT2D eigenvalue weighted by molar-refractivity contribution is 5.96. The van der Waals surface area contributed by atoms with Gasteiger partial charge in [-0.05, 0) is 35.9 Å². The summed E-state index contributed by atoms with van der Waals surface area (Å²) in [6.07, 6.45) is 1.26. The van der Waals surface area contributed by atoms with E-state index >= 15 is 0 Å². The normalized spacial score (nSPS) is 10.6. The predicted molar refractivity (Wildman–Crippen MR) is 98.2 cm³/mol. The van der Waals surface area contributed by atoms with Crippen molar-refractivity contribution < 1.29 is 28.8 Å². The molecule has 27 heavy (non-hydrogen) atoms. The topological polar surface area (TPSA) is 98.0 Å². The van der Waals surface area contributed by atoms with Crippen molar-refractivity contribution >= 4 is 12.0 Å². The summed E-state index contributed by atoms with van der Waals surface area (Å²) >= 11 is 0. The van der Waals surface area contributed by atoms with E-state index in [9.17, 15) is 4.79 Å². The summed E-state index contributed by atoms with van der Waals surface area (Å²) in [6, 6.07) is 13.8. The second-order valence-electron chi connectivity index (χ2n) is 5.23. The molecule has 0 bridgehead atoms. The number of hydrogen-bond acceptors (Lipinski definition) is 6. The Morgan fingerprint density at radius 2 is 1.59 bits per heavy atom. The zero-order valence-electron chi connectivity index (χ0n) is 15.0. The molecule has 0 aliphatic rings. The molecule has 140 valence electrons. The van der Waals surface area contributed by atoms with Gasteiger partial charge >= 0.3 is 5.97 Å². The highest BCUT2D eigenvalue weighted by Crippen LogP contribution is 2.29. The molecule has 0 atom stereocenters. The van der Waals surface area contributed by atoms with Crippen molar-refractivity contribution in [3.63, 3.8) is 0 Å². The Kier molecular flexibility index (Phi) is 7.08. The Morgan fingerprint density at radius 1 is 1.00 bits per heavy atom. The standard InChI is InChI=1S/C20H19NO6/c1-24-16-5-3-4-6-18(16)26-9-10-27-19-12-14(7-8-17(19)25-2)11-15(13-21)20(22)23/h3-8,11-12H,9-10H2,1-2H3,(H,22,23). The highest BCUT2D eigenvalue weighted by Gasteiger charge is 2.09. The van der Waals surface area contributed by atoms with Crippen molar-refractivity contribution in [1.29, 1.82) is 5.26 Å². The molecule has 2 rings (SSSR count). The average molecular weight is 369 g/mol. The summed E-state index contributed by atoms with van der Waals surface area (Å²) in [7, 11) is 3.07. The lowest BCUT2D eigenvalue weighted by atomic mass is 10.1. The summed E-state index contributed by atoms with van der Waals surface area (Å²) in [6.45, 7) is 0.494. The number of methoxy groups -OCH3 is 2. The first-order chi connectivity index (χ1) is 13.1. The first-order valence-electron chi connectivity index (χ1n) is 8.00. The molecular weight excluding hydrogens is 350 g/mol. The van der Waals surface area contributed by atoms with E-state index in [1.807, 2.05) is 12.1 Å². The van der Waals surface area contributed by atoms with Gasteiger partial charge in [0.25, 0.3) is 0 Å². The number of nitriles is 1. The molecule has 0 saturated carbocycles. The number of hydrogen-bond donors (Lipinski definition) is 1. The first-order valence-corrected chi connectivity index (χ1v) is 8.00. The average Bonchev–Trinajstić information content (AvgIpc) is 2.69. The number of carbonyl (C=O) groups is 1. The van der Waals surface area contributed by atoms with Gasteiger partial charge in [-0.15, -0.1) is 0 Å². The zero-order valence-corrected chi connectivity index (χ0v) is 15.0. The quantitative estimate of drug-likeness (QED) is 0.412. The second-order valence-corrected chi connectivity index (χ2v) is 5.23. The molecular formula is C20H19NO6. The largest absolute Gasteiger partial charge is 0.493 e. The summed E-state index contributed by atoms with van der Waals surface area (Å²) in [5.74, 6) is 0.837. The first kappa shape index (κ1) is 19.7. The van der Waals surface area contributed by atoms with Crippen LogP contribution in [0.3, 0.4) is 0 Å². The monoisotopic (exact) mass is 369 g/mol. The number of rotatable bonds is 9. The van der Waals surface area contributed by atoms with Crippen LogP contribution in [-0.4, -0.2) is 38.5 Å². The zero-order chi connectivity index (χ0) is 19.6. The van der Waals surface area contributed by atoms with Gasteiger partial charge in [0.15, 0.2) is 23.0 Å². The van der Waals surface area contributed by atoms with Crippen molar-refractivity contribution in [2.24, 2.45) is 0 Å². The molecule has 0 aromatic heterocycles. The second kappa shape index (κ2) is 9.73. The minimum atomic E-state index is -1.29. The minimum Gasteiger partial charge on any atom is -0.493 e. The van der Waals surface area contributed by atoms with Crippen LogP contribution in [0.1, 0.15) is 5.56 Å². The maximum Gasteiger partial charge on any atom is 0.346 e. The fourth-order valence-corrected chi connectivity index (χ4v) is 2.25. The molecule has 0 radical (unpaired) electrons. The van der Waals surface area contributed by atoms with Crippen LogP contribution in [0.5, 0.6) is 23.0 Å². The number of carboxylic acid groups (broad SMARTS) is 1. The maximum absolute atomic E-state index is 11.0. The van der Waals surface area contributed by atoms with Crippen LogP contribution in [0.2, 0.25) is 0 Å². The SMILES string of the molecule is COc1ccccc1OCCOc1cc(C=C(C#N)C(=O)O)ccc1OC. The van der Waals surface area contributed by atoms with Crippen molar-refractivity contribution in [1.82, 2.24) is 0 Å². The summed E-state index contributed by atoms with van der Waals surface area (Å²) in [5, 5.41) is 17.8. The van der Waals surface area contributed by atoms with Crippen LogP contribution in [-0.2, 0) is 4.79 Å². The smallest absolute Gasteiger partial charge is 0.346 e. The van der Waals surface area contributed by atoms with E-state index in [0.29, 0.717) is 28.6 Å². The van der Waals surface area contributed by atoms with E-state index in [4.69, 9.17) is 29.3 Å². The van der Waals surface area contributed by atoms with E-state index in [1.54, 1.807) is 43.5 Å². The fraction of sp³-hybridized carbons (Fsp3) is 0.200. The molecule has 0 aliphatic heterocycles. The van der Waals surface area contributed by atoms with Crippen LogP contribution in [0.15, 0.2) is 48.0 Å². The van der Waals surface area contributed by atoms with E-state index in [0.717, 1.165) is 0 Å². The van der Waals surface area contributed by atoms with E-state index in [-0.39, 0.29) is 18.8 Å². The van der Waals surface area contributed by atoms with Crippen LogP contribution < -0.4 is 18.9 Å². The number of carboxylic acids is 1. The Hall–Kier alpha value is -3.66. The number of ether oxygens (including phenoxy) is 4. The molecule has 7 nitrogen and oxygen atoms in total. The van der Waals surface area contributed by atoms with E-state index in [2.05, 4.69) is 0 Å². The molecule has 2 aromatic rings. The molecule has 0 saturated heterocycles. The molecule has 0 unspecified atom stereocenters. The van der Waals surface area contributed by atoms with Crippen LogP contribution in [0.4, 0.5) is 0 Å². The van der Waals surface area contributed by atoms with Crippen molar-refractivity contribution in [3.8, 4) is 29.1 Å². The lowest BCUT2D eigenvalue weighted by molar-refractivity contribution is -0.132. The third-order valence-corrected chi connectivity index (χ3v) is 3.52.